The number of carbonyl (C=O) groups excluding carboxylic acids is 2. The molecule has 1 fully saturated rings. The Morgan fingerprint density at radius 1 is 1.27 bits per heavy atom. The predicted octanol–water partition coefficient (Wildman–Crippen LogP) is 3.31. The van der Waals surface area contributed by atoms with Crippen molar-refractivity contribution in [3.8, 4) is 11.5 Å². The number of anilines is 1. The smallest absolute Gasteiger partial charge is 0.262 e. The number of hydrogen-bond acceptors (Lipinski definition) is 7. The van der Waals surface area contributed by atoms with Gasteiger partial charge < -0.3 is 20.1 Å². The van der Waals surface area contributed by atoms with E-state index >= 15 is 0 Å². The third-order valence-electron chi connectivity index (χ3n) is 3.72. The Hall–Kier alpha value is -3.04. The summed E-state index contributed by atoms with van der Waals surface area (Å²) in [4.78, 5) is 23.3. The zero-order chi connectivity index (χ0) is 21.3. The molecule has 1 heterocycles. The lowest BCUT2D eigenvalue weighted by atomic mass is 10.2. The molecular formula is C20H19ClN4O4S. The zero-order valence-electron chi connectivity index (χ0n) is 16.1. The van der Waals surface area contributed by atoms with Crippen molar-refractivity contribution in [2.75, 3.05) is 24.3 Å². The highest BCUT2D eigenvalue weighted by molar-refractivity contribution is 8.15. The maximum absolute atomic E-state index is 12.2. The lowest BCUT2D eigenvalue weighted by Gasteiger charge is -2.13. The summed E-state index contributed by atoms with van der Waals surface area (Å²) >= 11 is 7.34. The number of carbonyl (C=O) groups is 2. The molecule has 2 N–H and O–H groups in total. The summed E-state index contributed by atoms with van der Waals surface area (Å²) in [6, 6.07) is 12.1. The number of rotatable bonds is 8. The minimum atomic E-state index is -0.344. The highest BCUT2D eigenvalue weighted by Gasteiger charge is 2.16. The Balaban J connectivity index is 1.62. The van der Waals surface area contributed by atoms with E-state index in [2.05, 4.69) is 20.8 Å². The summed E-state index contributed by atoms with van der Waals surface area (Å²) in [6.45, 7) is 2.07. The Bertz CT molecular complexity index is 997. The Kier molecular flexibility index (Phi) is 7.69. The maximum Gasteiger partial charge on any atom is 0.262 e. The molecule has 0 aliphatic carbocycles. The Morgan fingerprint density at radius 3 is 2.83 bits per heavy atom. The van der Waals surface area contributed by atoms with Crippen molar-refractivity contribution >= 4 is 52.2 Å². The molecule has 10 heteroatoms. The van der Waals surface area contributed by atoms with E-state index in [0.29, 0.717) is 39.7 Å². The van der Waals surface area contributed by atoms with Crippen molar-refractivity contribution in [3.05, 3.63) is 53.1 Å². The molecule has 0 unspecified atom stereocenters. The van der Waals surface area contributed by atoms with E-state index < -0.39 is 0 Å². The quantitative estimate of drug-likeness (QED) is 0.478. The summed E-state index contributed by atoms with van der Waals surface area (Å²) < 4.78 is 11.2. The standard InChI is InChI=1S/C20H19ClN4O4S/c1-2-28-17-9-13(10-22-25-20-24-19(27)12-30-20)7-8-16(17)29-11-18(26)23-15-6-4-3-5-14(15)21/h3-10H,2,11-12H2,1H3,(H,23,26)(H,24,25,27). The average Bonchev–Trinajstić information content (AvgIpc) is 3.14. The molecule has 2 aromatic rings. The van der Waals surface area contributed by atoms with Crippen LogP contribution in [0.5, 0.6) is 11.5 Å². The minimum absolute atomic E-state index is 0.0901. The topological polar surface area (TPSA) is 101 Å². The van der Waals surface area contributed by atoms with Gasteiger partial charge in [0, 0.05) is 0 Å². The number of hydrogen-bond donors (Lipinski definition) is 2. The van der Waals surface area contributed by atoms with Crippen LogP contribution in [0.1, 0.15) is 12.5 Å². The van der Waals surface area contributed by atoms with Crippen LogP contribution in [-0.2, 0) is 9.59 Å². The molecule has 30 heavy (non-hydrogen) atoms. The van der Waals surface area contributed by atoms with Crippen LogP contribution in [0.15, 0.2) is 52.7 Å². The lowest BCUT2D eigenvalue weighted by molar-refractivity contribution is -0.118. The number of nitrogens with zero attached hydrogens (tertiary/aromatic N) is 2. The SMILES string of the molecule is CCOc1cc(C=NN=C2NC(=O)CS2)ccc1OCC(=O)Nc1ccccc1Cl. The van der Waals surface area contributed by atoms with Gasteiger partial charge >= 0.3 is 0 Å². The first-order chi connectivity index (χ1) is 14.5. The van der Waals surface area contributed by atoms with Crippen LogP contribution in [-0.4, -0.2) is 42.2 Å². The van der Waals surface area contributed by atoms with Crippen molar-refractivity contribution in [2.45, 2.75) is 6.92 Å². The van der Waals surface area contributed by atoms with E-state index in [1.807, 2.05) is 6.92 Å². The molecule has 8 nitrogen and oxygen atoms in total. The van der Waals surface area contributed by atoms with Gasteiger partial charge in [-0.1, -0.05) is 35.5 Å². The van der Waals surface area contributed by atoms with Crippen molar-refractivity contribution in [1.29, 1.82) is 0 Å². The third kappa shape index (κ3) is 6.23. The molecule has 0 radical (unpaired) electrons. The van der Waals surface area contributed by atoms with Gasteiger partial charge in [-0.05, 0) is 42.8 Å². The molecule has 1 aliphatic heterocycles. The number of benzene rings is 2. The summed E-state index contributed by atoms with van der Waals surface area (Å²) in [5, 5.41) is 14.1. The number of thioether (sulfide) groups is 1. The number of nitrogens with one attached hydrogen (secondary N) is 2. The molecule has 0 aromatic heterocycles. The molecule has 0 bridgehead atoms. The molecule has 156 valence electrons. The second-order valence-electron chi connectivity index (χ2n) is 5.94. The van der Waals surface area contributed by atoms with E-state index in [1.54, 1.807) is 42.5 Å². The molecular weight excluding hydrogens is 428 g/mol. The van der Waals surface area contributed by atoms with E-state index in [9.17, 15) is 9.59 Å². The van der Waals surface area contributed by atoms with Gasteiger partial charge in [0.05, 0.1) is 29.3 Å². The Morgan fingerprint density at radius 2 is 2.10 bits per heavy atom. The van der Waals surface area contributed by atoms with Gasteiger partial charge in [0.15, 0.2) is 23.3 Å². The van der Waals surface area contributed by atoms with E-state index in [4.69, 9.17) is 21.1 Å². The number of amides is 2. The summed E-state index contributed by atoms with van der Waals surface area (Å²) in [7, 11) is 0. The molecule has 0 saturated carbocycles. The summed E-state index contributed by atoms with van der Waals surface area (Å²) in [5.74, 6) is 0.811. The van der Waals surface area contributed by atoms with Crippen LogP contribution in [0, 0.1) is 0 Å². The number of amidine groups is 1. The van der Waals surface area contributed by atoms with Crippen LogP contribution in [0.2, 0.25) is 5.02 Å². The molecule has 2 amide bonds. The molecule has 1 aliphatic rings. The van der Waals surface area contributed by atoms with E-state index in [0.717, 1.165) is 5.56 Å². The zero-order valence-corrected chi connectivity index (χ0v) is 17.6. The number of para-hydroxylation sites is 1. The Labute approximate surface area is 182 Å². The minimum Gasteiger partial charge on any atom is -0.490 e. The first kappa shape index (κ1) is 21.7. The van der Waals surface area contributed by atoms with Crippen molar-refractivity contribution < 1.29 is 19.1 Å². The van der Waals surface area contributed by atoms with Gasteiger partial charge in [0.1, 0.15) is 0 Å². The van der Waals surface area contributed by atoms with Gasteiger partial charge in [0.25, 0.3) is 5.91 Å². The number of halogens is 1. The lowest BCUT2D eigenvalue weighted by Crippen LogP contribution is -2.20. The van der Waals surface area contributed by atoms with Crippen molar-refractivity contribution in [3.63, 3.8) is 0 Å². The molecule has 1 saturated heterocycles. The van der Waals surface area contributed by atoms with Crippen LogP contribution >= 0.6 is 23.4 Å². The van der Waals surface area contributed by atoms with Gasteiger partial charge in [-0.15, -0.1) is 5.10 Å². The van der Waals surface area contributed by atoms with Crippen LogP contribution in [0.25, 0.3) is 0 Å². The van der Waals surface area contributed by atoms with Gasteiger partial charge in [-0.2, -0.15) is 5.10 Å². The number of ether oxygens (including phenoxy) is 2. The molecule has 2 aromatic carbocycles. The fourth-order valence-electron chi connectivity index (χ4n) is 2.41. The second-order valence-corrected chi connectivity index (χ2v) is 7.31. The summed E-state index contributed by atoms with van der Waals surface area (Å²) in [5.41, 5.74) is 1.24. The van der Waals surface area contributed by atoms with Crippen LogP contribution in [0.3, 0.4) is 0 Å². The van der Waals surface area contributed by atoms with Crippen molar-refractivity contribution in [1.82, 2.24) is 5.32 Å². The largest absolute Gasteiger partial charge is 0.490 e. The van der Waals surface area contributed by atoms with Gasteiger partial charge in [-0.25, -0.2) is 0 Å². The molecule has 3 rings (SSSR count). The predicted molar refractivity (Wildman–Crippen MR) is 119 cm³/mol. The average molecular weight is 447 g/mol. The normalized spacial score (nSPS) is 14.7. The van der Waals surface area contributed by atoms with Gasteiger partial charge in [0.2, 0.25) is 5.91 Å². The highest BCUT2D eigenvalue weighted by atomic mass is 35.5. The third-order valence-corrected chi connectivity index (χ3v) is 4.91. The highest BCUT2D eigenvalue weighted by Crippen LogP contribution is 2.28. The fraction of sp³-hybridized carbons (Fsp3) is 0.200. The van der Waals surface area contributed by atoms with Crippen LogP contribution in [0.4, 0.5) is 5.69 Å². The maximum atomic E-state index is 12.2. The molecule has 0 atom stereocenters. The van der Waals surface area contributed by atoms with Crippen molar-refractivity contribution in [2.24, 2.45) is 10.2 Å². The molecule has 0 spiro atoms. The van der Waals surface area contributed by atoms with E-state index in [-0.39, 0.29) is 18.4 Å². The fourth-order valence-corrected chi connectivity index (χ4v) is 3.23. The monoisotopic (exact) mass is 446 g/mol. The van der Waals surface area contributed by atoms with E-state index in [1.165, 1.54) is 18.0 Å². The van der Waals surface area contributed by atoms with Crippen LogP contribution < -0.4 is 20.1 Å². The van der Waals surface area contributed by atoms with Gasteiger partial charge in [-0.3, -0.25) is 9.59 Å². The first-order valence-corrected chi connectivity index (χ1v) is 10.4. The second kappa shape index (κ2) is 10.7. The first-order valence-electron chi connectivity index (χ1n) is 9.03. The summed E-state index contributed by atoms with van der Waals surface area (Å²) in [6.07, 6.45) is 1.54.